The fourth-order valence-corrected chi connectivity index (χ4v) is 1.90. The van der Waals surface area contributed by atoms with E-state index in [4.69, 9.17) is 21.4 Å². The van der Waals surface area contributed by atoms with Gasteiger partial charge in [0.25, 0.3) is 0 Å². The van der Waals surface area contributed by atoms with Gasteiger partial charge in [0.1, 0.15) is 11.8 Å². The van der Waals surface area contributed by atoms with Crippen molar-refractivity contribution in [3.05, 3.63) is 22.7 Å². The van der Waals surface area contributed by atoms with Crippen molar-refractivity contribution in [1.82, 2.24) is 5.32 Å². The minimum absolute atomic E-state index is 0.234. The molecule has 0 aliphatic rings. The Bertz CT molecular complexity index is 546. The number of carboxylic acid groups (broad SMARTS) is 1. The quantitative estimate of drug-likeness (QED) is 0.779. The Morgan fingerprint density at radius 2 is 1.95 bits per heavy atom. The number of ether oxygens (including phenoxy) is 1. The molecule has 0 bridgehead atoms. The van der Waals surface area contributed by atoms with Crippen molar-refractivity contribution in [2.75, 3.05) is 12.4 Å². The molecule has 0 fully saturated rings. The number of anilines is 1. The maximum absolute atomic E-state index is 11.9. The van der Waals surface area contributed by atoms with E-state index in [1.165, 1.54) is 7.11 Å². The van der Waals surface area contributed by atoms with Crippen LogP contribution in [0.2, 0.25) is 5.02 Å². The Morgan fingerprint density at radius 1 is 1.33 bits per heavy atom. The van der Waals surface area contributed by atoms with Crippen LogP contribution in [0.1, 0.15) is 19.4 Å². The molecule has 3 N–H and O–H groups in total. The van der Waals surface area contributed by atoms with Crippen LogP contribution >= 0.6 is 11.6 Å². The summed E-state index contributed by atoms with van der Waals surface area (Å²) in [5.74, 6) is -0.918. The highest BCUT2D eigenvalue weighted by molar-refractivity contribution is 6.31. The molecular formula is C14H19ClN2O4. The van der Waals surface area contributed by atoms with E-state index in [0.717, 1.165) is 5.56 Å². The summed E-state index contributed by atoms with van der Waals surface area (Å²) < 4.78 is 5.14. The lowest BCUT2D eigenvalue weighted by molar-refractivity contribution is -0.140. The van der Waals surface area contributed by atoms with Crippen molar-refractivity contribution >= 4 is 29.3 Å². The number of carbonyl (C=O) groups excluding carboxylic acids is 1. The minimum Gasteiger partial charge on any atom is -0.495 e. The first kappa shape index (κ1) is 17.1. The molecule has 0 radical (unpaired) electrons. The number of rotatable bonds is 5. The van der Waals surface area contributed by atoms with Gasteiger partial charge in [-0.15, -0.1) is 0 Å². The molecule has 7 heteroatoms. The second-order valence-corrected chi connectivity index (χ2v) is 5.37. The molecule has 2 amide bonds. The van der Waals surface area contributed by atoms with E-state index in [9.17, 15) is 9.59 Å². The van der Waals surface area contributed by atoms with Gasteiger partial charge in [0, 0.05) is 11.1 Å². The summed E-state index contributed by atoms with van der Waals surface area (Å²) in [6.07, 6.45) is 0. The van der Waals surface area contributed by atoms with E-state index < -0.39 is 18.0 Å². The highest BCUT2D eigenvalue weighted by atomic mass is 35.5. The Hall–Kier alpha value is -1.95. The van der Waals surface area contributed by atoms with Crippen LogP contribution in [0.15, 0.2) is 12.1 Å². The van der Waals surface area contributed by atoms with Gasteiger partial charge in [0.05, 0.1) is 12.8 Å². The summed E-state index contributed by atoms with van der Waals surface area (Å²) in [7, 11) is 1.46. The lowest BCUT2D eigenvalue weighted by Gasteiger charge is -2.19. The number of amides is 2. The van der Waals surface area contributed by atoms with Gasteiger partial charge in [0.2, 0.25) is 0 Å². The first-order valence-corrected chi connectivity index (χ1v) is 6.78. The van der Waals surface area contributed by atoms with E-state index in [-0.39, 0.29) is 5.92 Å². The zero-order valence-electron chi connectivity index (χ0n) is 12.4. The predicted molar refractivity (Wildman–Crippen MR) is 81.2 cm³/mol. The van der Waals surface area contributed by atoms with Crippen molar-refractivity contribution < 1.29 is 19.4 Å². The third kappa shape index (κ3) is 4.53. The highest BCUT2D eigenvalue weighted by Gasteiger charge is 2.23. The summed E-state index contributed by atoms with van der Waals surface area (Å²) in [6.45, 7) is 5.22. The molecule has 1 aromatic rings. The number of urea groups is 1. The number of nitrogens with one attached hydrogen (secondary N) is 2. The summed E-state index contributed by atoms with van der Waals surface area (Å²) in [5.41, 5.74) is 1.19. The Labute approximate surface area is 128 Å². The molecule has 1 aromatic carbocycles. The van der Waals surface area contributed by atoms with Crippen LogP contribution in [0.3, 0.4) is 0 Å². The SMILES string of the molecule is COc1cc(Cl)c(C)cc1NC(=O)N[C@H](C(=O)O)C(C)C. The molecule has 0 heterocycles. The van der Waals surface area contributed by atoms with Crippen molar-refractivity contribution in [1.29, 1.82) is 0 Å². The number of carbonyl (C=O) groups is 2. The Balaban J connectivity index is 2.88. The zero-order chi connectivity index (χ0) is 16.2. The number of carboxylic acids is 1. The maximum Gasteiger partial charge on any atom is 0.326 e. The molecule has 116 valence electrons. The van der Waals surface area contributed by atoms with Crippen LogP contribution in [0.5, 0.6) is 5.75 Å². The van der Waals surface area contributed by atoms with E-state index in [2.05, 4.69) is 10.6 Å². The summed E-state index contributed by atoms with van der Waals surface area (Å²) in [4.78, 5) is 23.0. The van der Waals surface area contributed by atoms with Gasteiger partial charge in [-0.25, -0.2) is 9.59 Å². The molecule has 1 atom stereocenters. The third-order valence-corrected chi connectivity index (χ3v) is 3.36. The van der Waals surface area contributed by atoms with Gasteiger partial charge < -0.3 is 20.5 Å². The predicted octanol–water partition coefficient (Wildman–Crippen LogP) is 2.89. The molecule has 0 saturated heterocycles. The third-order valence-electron chi connectivity index (χ3n) is 2.95. The zero-order valence-corrected chi connectivity index (χ0v) is 13.1. The van der Waals surface area contributed by atoms with Gasteiger partial charge in [-0.05, 0) is 24.5 Å². The molecule has 0 unspecified atom stereocenters. The van der Waals surface area contributed by atoms with Crippen LogP contribution in [0, 0.1) is 12.8 Å². The minimum atomic E-state index is -1.08. The molecule has 0 saturated carbocycles. The largest absolute Gasteiger partial charge is 0.495 e. The van der Waals surface area contributed by atoms with E-state index in [1.54, 1.807) is 32.9 Å². The molecule has 1 rings (SSSR count). The number of hydrogen-bond donors (Lipinski definition) is 3. The summed E-state index contributed by atoms with van der Waals surface area (Å²) in [5, 5.41) is 14.6. The number of aryl methyl sites for hydroxylation is 1. The molecule has 6 nitrogen and oxygen atoms in total. The first-order chi connectivity index (χ1) is 9.76. The van der Waals surface area contributed by atoms with Gasteiger partial charge in [0.15, 0.2) is 0 Å². The fourth-order valence-electron chi connectivity index (χ4n) is 1.74. The van der Waals surface area contributed by atoms with E-state index >= 15 is 0 Å². The summed E-state index contributed by atoms with van der Waals surface area (Å²) >= 11 is 5.98. The Kier molecular flexibility index (Phi) is 5.84. The van der Waals surface area contributed by atoms with Crippen LogP contribution in [0.4, 0.5) is 10.5 Å². The number of methoxy groups -OCH3 is 1. The van der Waals surface area contributed by atoms with Crippen LogP contribution in [-0.4, -0.2) is 30.3 Å². The lowest BCUT2D eigenvalue weighted by Crippen LogP contribution is -2.46. The molecule has 0 aromatic heterocycles. The maximum atomic E-state index is 11.9. The van der Waals surface area contributed by atoms with Gasteiger partial charge in [-0.2, -0.15) is 0 Å². The van der Waals surface area contributed by atoms with Crippen molar-refractivity contribution in [3.63, 3.8) is 0 Å². The van der Waals surface area contributed by atoms with Gasteiger partial charge in [-0.1, -0.05) is 25.4 Å². The van der Waals surface area contributed by atoms with E-state index in [1.807, 2.05) is 0 Å². The molecule has 0 spiro atoms. The van der Waals surface area contributed by atoms with Crippen molar-refractivity contribution in [2.45, 2.75) is 26.8 Å². The van der Waals surface area contributed by atoms with Crippen LogP contribution < -0.4 is 15.4 Å². The van der Waals surface area contributed by atoms with Gasteiger partial charge >= 0.3 is 12.0 Å². The lowest BCUT2D eigenvalue weighted by atomic mass is 10.1. The van der Waals surface area contributed by atoms with Crippen molar-refractivity contribution in [2.24, 2.45) is 5.92 Å². The smallest absolute Gasteiger partial charge is 0.326 e. The van der Waals surface area contributed by atoms with Crippen LogP contribution in [-0.2, 0) is 4.79 Å². The topological polar surface area (TPSA) is 87.7 Å². The average Bonchev–Trinajstić information content (AvgIpc) is 2.39. The first-order valence-electron chi connectivity index (χ1n) is 6.40. The second kappa shape index (κ2) is 7.17. The number of halogens is 1. The standard InChI is InChI=1S/C14H19ClN2O4/c1-7(2)12(13(18)19)17-14(20)16-10-5-8(3)9(15)6-11(10)21-4/h5-7,12H,1-4H3,(H,18,19)(H2,16,17,20)/t12-/m0/s1. The van der Waals surface area contributed by atoms with Crippen molar-refractivity contribution in [3.8, 4) is 5.75 Å². The molecule has 0 aliphatic heterocycles. The Morgan fingerprint density at radius 3 is 2.43 bits per heavy atom. The second-order valence-electron chi connectivity index (χ2n) is 4.96. The molecule has 0 aliphatic carbocycles. The summed E-state index contributed by atoms with van der Waals surface area (Å²) in [6, 6.07) is 1.66. The van der Waals surface area contributed by atoms with Crippen LogP contribution in [0.25, 0.3) is 0 Å². The van der Waals surface area contributed by atoms with E-state index in [0.29, 0.717) is 16.5 Å². The highest BCUT2D eigenvalue weighted by Crippen LogP contribution is 2.30. The normalized spacial score (nSPS) is 11.9. The monoisotopic (exact) mass is 314 g/mol. The average molecular weight is 315 g/mol. The van der Waals surface area contributed by atoms with Gasteiger partial charge in [-0.3, -0.25) is 0 Å². The fraction of sp³-hybridized carbons (Fsp3) is 0.429. The number of benzene rings is 1. The molecule has 21 heavy (non-hydrogen) atoms. The number of aliphatic carboxylic acids is 1. The molecular weight excluding hydrogens is 296 g/mol. The number of hydrogen-bond acceptors (Lipinski definition) is 3.